The topological polar surface area (TPSA) is 79.5 Å². The molecular weight excluding hydrogens is 306 g/mol. The lowest BCUT2D eigenvalue weighted by molar-refractivity contribution is -0.135. The van der Waals surface area contributed by atoms with E-state index in [1.54, 1.807) is 0 Å². The first-order chi connectivity index (χ1) is 11.2. The molecule has 1 saturated heterocycles. The Labute approximate surface area is 144 Å². The number of allylic oxidation sites excluding steroid dienone is 1. The third-order valence-corrected chi connectivity index (χ3v) is 4.90. The first-order valence-electron chi connectivity index (χ1n) is 8.77. The summed E-state index contributed by atoms with van der Waals surface area (Å²) in [5.41, 5.74) is -0.550. The summed E-state index contributed by atoms with van der Waals surface area (Å²) in [6.45, 7) is 10.7. The van der Waals surface area contributed by atoms with Gasteiger partial charge in [0, 0.05) is 25.7 Å². The fourth-order valence-corrected chi connectivity index (χ4v) is 2.98. The second-order valence-electron chi connectivity index (χ2n) is 8.14. The van der Waals surface area contributed by atoms with Crippen LogP contribution in [0, 0.1) is 16.7 Å². The Balaban J connectivity index is 2.09. The average Bonchev–Trinajstić information content (AvgIpc) is 2.43. The van der Waals surface area contributed by atoms with E-state index >= 15 is 0 Å². The van der Waals surface area contributed by atoms with Crippen molar-refractivity contribution < 1.29 is 14.3 Å². The van der Waals surface area contributed by atoms with Crippen molar-refractivity contribution in [2.75, 3.05) is 32.8 Å². The van der Waals surface area contributed by atoms with Crippen LogP contribution in [0.1, 0.15) is 34.1 Å². The molecule has 2 atom stereocenters. The van der Waals surface area contributed by atoms with Crippen molar-refractivity contribution in [1.29, 1.82) is 0 Å². The Morgan fingerprint density at radius 3 is 2.50 bits per heavy atom. The molecule has 0 aromatic rings. The van der Waals surface area contributed by atoms with Gasteiger partial charge in [-0.3, -0.25) is 9.59 Å². The Bertz CT molecular complexity index is 492. The lowest BCUT2D eigenvalue weighted by Crippen LogP contribution is -2.62. The van der Waals surface area contributed by atoms with Gasteiger partial charge in [0.2, 0.25) is 11.8 Å². The summed E-state index contributed by atoms with van der Waals surface area (Å²) in [5.74, 6) is -0.193. The van der Waals surface area contributed by atoms with Crippen LogP contribution in [0.15, 0.2) is 12.2 Å². The zero-order chi connectivity index (χ0) is 17.8. The van der Waals surface area contributed by atoms with Gasteiger partial charge in [-0.1, -0.05) is 32.9 Å². The number of hydrogen-bond acceptors (Lipinski definition) is 4. The molecule has 2 rings (SSSR count). The summed E-state index contributed by atoms with van der Waals surface area (Å²) < 4.78 is 5.70. The molecular formula is C18H31N3O3. The van der Waals surface area contributed by atoms with E-state index in [9.17, 15) is 9.59 Å². The van der Waals surface area contributed by atoms with Crippen LogP contribution in [0.4, 0.5) is 0 Å². The van der Waals surface area contributed by atoms with Crippen LogP contribution in [-0.4, -0.2) is 50.7 Å². The molecule has 0 aliphatic carbocycles. The number of nitrogens with one attached hydrogen (secondary N) is 3. The first kappa shape index (κ1) is 18.9. The van der Waals surface area contributed by atoms with Crippen LogP contribution in [0.3, 0.4) is 0 Å². The summed E-state index contributed by atoms with van der Waals surface area (Å²) in [4.78, 5) is 25.1. The molecule has 1 unspecified atom stereocenters. The molecule has 0 aromatic carbocycles. The molecule has 3 N–H and O–H groups in total. The lowest BCUT2D eigenvalue weighted by atomic mass is 9.77. The van der Waals surface area contributed by atoms with Gasteiger partial charge in [0.15, 0.2) is 0 Å². The van der Waals surface area contributed by atoms with Crippen molar-refractivity contribution in [3.63, 3.8) is 0 Å². The molecule has 136 valence electrons. The van der Waals surface area contributed by atoms with Crippen molar-refractivity contribution in [3.05, 3.63) is 12.2 Å². The van der Waals surface area contributed by atoms with E-state index in [4.69, 9.17) is 4.74 Å². The average molecular weight is 337 g/mol. The van der Waals surface area contributed by atoms with Crippen molar-refractivity contribution in [1.82, 2.24) is 16.0 Å². The molecule has 0 radical (unpaired) electrons. The fourth-order valence-electron chi connectivity index (χ4n) is 2.98. The number of carbonyl (C=O) groups excluding carboxylic acids is 2. The summed E-state index contributed by atoms with van der Waals surface area (Å²) in [5, 5.41) is 9.19. The van der Waals surface area contributed by atoms with Crippen molar-refractivity contribution in [3.8, 4) is 0 Å². The minimum atomic E-state index is -0.368. The molecule has 6 heteroatoms. The van der Waals surface area contributed by atoms with Gasteiger partial charge in [0.25, 0.3) is 0 Å². The highest BCUT2D eigenvalue weighted by Gasteiger charge is 2.43. The minimum Gasteiger partial charge on any atom is -0.377 e. The molecule has 1 fully saturated rings. The number of amides is 2. The van der Waals surface area contributed by atoms with E-state index in [2.05, 4.69) is 16.0 Å². The van der Waals surface area contributed by atoms with Gasteiger partial charge in [-0.2, -0.15) is 0 Å². The van der Waals surface area contributed by atoms with E-state index in [1.807, 2.05) is 39.8 Å². The van der Waals surface area contributed by atoms with E-state index in [0.29, 0.717) is 39.3 Å². The molecule has 2 amide bonds. The fraction of sp³-hybridized carbons (Fsp3) is 0.778. The zero-order valence-corrected chi connectivity index (χ0v) is 15.3. The molecule has 2 aliphatic rings. The molecule has 0 aromatic heterocycles. The van der Waals surface area contributed by atoms with Gasteiger partial charge < -0.3 is 20.7 Å². The van der Waals surface area contributed by atoms with E-state index in [1.165, 1.54) is 0 Å². The highest BCUT2D eigenvalue weighted by atomic mass is 16.5. The molecule has 1 spiro atoms. The minimum absolute atomic E-state index is 0.0235. The molecule has 2 aliphatic heterocycles. The summed E-state index contributed by atoms with van der Waals surface area (Å²) >= 11 is 0. The smallest absolute Gasteiger partial charge is 0.229 e. The Hall–Kier alpha value is -1.40. The van der Waals surface area contributed by atoms with Crippen LogP contribution in [0.25, 0.3) is 0 Å². The summed E-state index contributed by atoms with van der Waals surface area (Å²) in [7, 11) is 0. The van der Waals surface area contributed by atoms with Crippen LogP contribution in [0.5, 0.6) is 0 Å². The Kier molecular flexibility index (Phi) is 6.04. The lowest BCUT2D eigenvalue weighted by Gasteiger charge is -2.41. The normalized spacial score (nSPS) is 30.7. The molecule has 0 bridgehead atoms. The van der Waals surface area contributed by atoms with Gasteiger partial charge in [0.1, 0.15) is 0 Å². The van der Waals surface area contributed by atoms with Crippen LogP contribution >= 0.6 is 0 Å². The van der Waals surface area contributed by atoms with Crippen molar-refractivity contribution in [2.45, 2.75) is 40.2 Å². The molecule has 24 heavy (non-hydrogen) atoms. The van der Waals surface area contributed by atoms with E-state index in [0.717, 1.165) is 0 Å². The van der Waals surface area contributed by atoms with Gasteiger partial charge >= 0.3 is 0 Å². The van der Waals surface area contributed by atoms with Crippen LogP contribution in [-0.2, 0) is 14.3 Å². The number of carbonyl (C=O) groups is 2. The van der Waals surface area contributed by atoms with Gasteiger partial charge in [-0.15, -0.1) is 0 Å². The summed E-state index contributed by atoms with van der Waals surface area (Å²) in [6, 6.07) is -0.104. The van der Waals surface area contributed by atoms with Crippen molar-refractivity contribution >= 4 is 11.8 Å². The van der Waals surface area contributed by atoms with Crippen LogP contribution in [0.2, 0.25) is 0 Å². The zero-order valence-electron chi connectivity index (χ0n) is 15.3. The van der Waals surface area contributed by atoms with Gasteiger partial charge in [0.05, 0.1) is 24.5 Å². The first-order valence-corrected chi connectivity index (χ1v) is 8.77. The third kappa shape index (κ3) is 4.57. The highest BCUT2D eigenvalue weighted by Crippen LogP contribution is 2.29. The maximum atomic E-state index is 12.6. The van der Waals surface area contributed by atoms with Gasteiger partial charge in [-0.05, 0) is 18.8 Å². The van der Waals surface area contributed by atoms with E-state index in [-0.39, 0.29) is 34.6 Å². The second kappa shape index (κ2) is 7.66. The highest BCUT2D eigenvalue weighted by molar-refractivity contribution is 5.85. The maximum Gasteiger partial charge on any atom is 0.229 e. The monoisotopic (exact) mass is 337 g/mol. The Morgan fingerprint density at radius 2 is 1.92 bits per heavy atom. The largest absolute Gasteiger partial charge is 0.377 e. The second-order valence-corrected chi connectivity index (χ2v) is 8.14. The van der Waals surface area contributed by atoms with Crippen LogP contribution < -0.4 is 16.0 Å². The molecule has 6 nitrogen and oxygen atoms in total. The maximum absolute atomic E-state index is 12.6. The summed E-state index contributed by atoms with van der Waals surface area (Å²) in [6.07, 6.45) is 4.67. The number of ether oxygens (including phenoxy) is 1. The SMILES string of the molecule is C[C@@H]1CNC(=O)C(C(C)(C)C)COC/C=C\CC2(CNC2)C(=O)N1. The molecule has 0 saturated carbocycles. The molecule has 2 heterocycles. The predicted octanol–water partition coefficient (Wildman–Crippen LogP) is 0.836. The van der Waals surface area contributed by atoms with Gasteiger partial charge in [-0.25, -0.2) is 0 Å². The predicted molar refractivity (Wildman–Crippen MR) is 93.4 cm³/mol. The van der Waals surface area contributed by atoms with Crippen molar-refractivity contribution in [2.24, 2.45) is 16.7 Å². The third-order valence-electron chi connectivity index (χ3n) is 4.90. The quantitative estimate of drug-likeness (QED) is 0.572. The standard InChI is InChI=1S/C18H31N3O3/c1-13-9-20-15(22)14(17(2,3)4)10-24-8-6-5-7-18(11-19-12-18)16(23)21-13/h5-6,13-14,19H,7-12H2,1-4H3,(H,20,22)(H,21,23)/b6-5-/t13-,14?/m1/s1. The number of hydrogen-bond donors (Lipinski definition) is 3. The Morgan fingerprint density at radius 1 is 1.21 bits per heavy atom. The number of rotatable bonds is 0. The van der Waals surface area contributed by atoms with E-state index < -0.39 is 0 Å².